The molecule has 2 amide bonds. The lowest BCUT2D eigenvalue weighted by molar-refractivity contribution is 0.0508. The van der Waals surface area contributed by atoms with Gasteiger partial charge in [-0.15, -0.1) is 0 Å². The molecular weight excluding hydrogens is 356 g/mol. The van der Waals surface area contributed by atoms with E-state index < -0.39 is 0 Å². The highest BCUT2D eigenvalue weighted by molar-refractivity contribution is 5.89. The second-order valence-corrected chi connectivity index (χ2v) is 6.89. The molecule has 0 radical (unpaired) electrons. The van der Waals surface area contributed by atoms with E-state index in [2.05, 4.69) is 22.8 Å². The Morgan fingerprint density at radius 2 is 1.68 bits per heavy atom. The van der Waals surface area contributed by atoms with Crippen molar-refractivity contribution >= 4 is 11.7 Å². The number of ether oxygens (including phenoxy) is 3. The first-order valence-corrected chi connectivity index (χ1v) is 9.65. The van der Waals surface area contributed by atoms with Gasteiger partial charge in [0.15, 0.2) is 0 Å². The summed E-state index contributed by atoms with van der Waals surface area (Å²) < 4.78 is 16.2. The molecule has 0 aromatic heterocycles. The lowest BCUT2D eigenvalue weighted by atomic mass is 9.74. The smallest absolute Gasteiger partial charge is 0.319 e. The standard InChI is InChI=1S/C22H28N2O4/c1-3-28-20-10-6-18(7-11-20)24-21(25)23-16-22(12-14-27-15-13-22)17-4-8-19(26-2)9-5-17/h4-11H,3,12-16H2,1-2H3,(H2,23,24,25). The second-order valence-electron chi connectivity index (χ2n) is 6.89. The molecule has 1 aliphatic rings. The molecule has 2 N–H and O–H groups in total. The van der Waals surface area contributed by atoms with E-state index >= 15 is 0 Å². The number of rotatable bonds is 7. The Morgan fingerprint density at radius 1 is 1.04 bits per heavy atom. The van der Waals surface area contributed by atoms with E-state index in [0.717, 1.165) is 30.0 Å². The zero-order chi connectivity index (χ0) is 19.8. The fourth-order valence-electron chi connectivity index (χ4n) is 3.50. The van der Waals surface area contributed by atoms with Crippen molar-refractivity contribution in [3.8, 4) is 11.5 Å². The third-order valence-electron chi connectivity index (χ3n) is 5.16. The monoisotopic (exact) mass is 384 g/mol. The first-order chi connectivity index (χ1) is 13.6. The Hall–Kier alpha value is -2.73. The van der Waals surface area contributed by atoms with Gasteiger partial charge in [-0.25, -0.2) is 4.79 Å². The van der Waals surface area contributed by atoms with Crippen molar-refractivity contribution < 1.29 is 19.0 Å². The van der Waals surface area contributed by atoms with Crippen molar-refractivity contribution in [2.45, 2.75) is 25.2 Å². The first-order valence-electron chi connectivity index (χ1n) is 9.65. The molecule has 2 aromatic rings. The highest BCUT2D eigenvalue weighted by Crippen LogP contribution is 2.35. The minimum atomic E-state index is -0.219. The van der Waals surface area contributed by atoms with Crippen molar-refractivity contribution in [2.75, 3.05) is 38.8 Å². The summed E-state index contributed by atoms with van der Waals surface area (Å²) in [6.45, 7) is 4.48. The van der Waals surface area contributed by atoms with E-state index in [1.54, 1.807) is 7.11 Å². The summed E-state index contributed by atoms with van der Waals surface area (Å²) in [7, 11) is 1.66. The number of urea groups is 1. The molecule has 1 heterocycles. The number of hydrogen-bond acceptors (Lipinski definition) is 4. The van der Waals surface area contributed by atoms with Crippen molar-refractivity contribution in [1.82, 2.24) is 5.32 Å². The Kier molecular flexibility index (Phi) is 6.76. The lowest BCUT2D eigenvalue weighted by Gasteiger charge is -2.38. The van der Waals surface area contributed by atoms with Crippen LogP contribution < -0.4 is 20.1 Å². The number of methoxy groups -OCH3 is 1. The molecule has 6 nitrogen and oxygen atoms in total. The zero-order valence-corrected chi connectivity index (χ0v) is 16.5. The van der Waals surface area contributed by atoms with Gasteiger partial charge in [-0.05, 0) is 61.7 Å². The van der Waals surface area contributed by atoms with Gasteiger partial charge < -0.3 is 24.8 Å². The molecule has 1 fully saturated rings. The summed E-state index contributed by atoms with van der Waals surface area (Å²) in [6.07, 6.45) is 1.73. The first kappa shape index (κ1) is 20.0. The summed E-state index contributed by atoms with van der Waals surface area (Å²) in [4.78, 5) is 12.4. The van der Waals surface area contributed by atoms with E-state index in [9.17, 15) is 4.79 Å². The van der Waals surface area contributed by atoms with Gasteiger partial charge in [0.1, 0.15) is 11.5 Å². The zero-order valence-electron chi connectivity index (χ0n) is 16.5. The van der Waals surface area contributed by atoms with Crippen LogP contribution in [0.1, 0.15) is 25.3 Å². The van der Waals surface area contributed by atoms with E-state index in [4.69, 9.17) is 14.2 Å². The highest BCUT2D eigenvalue weighted by atomic mass is 16.5. The molecule has 0 spiro atoms. The van der Waals surface area contributed by atoms with Crippen molar-refractivity contribution in [1.29, 1.82) is 0 Å². The molecule has 3 rings (SSSR count). The maximum Gasteiger partial charge on any atom is 0.319 e. The Labute approximate surface area is 166 Å². The molecule has 0 bridgehead atoms. The second kappa shape index (κ2) is 9.46. The average molecular weight is 384 g/mol. The molecule has 0 aliphatic carbocycles. The van der Waals surface area contributed by atoms with Crippen LogP contribution >= 0.6 is 0 Å². The number of amides is 2. The van der Waals surface area contributed by atoms with Gasteiger partial charge in [0.05, 0.1) is 13.7 Å². The predicted molar refractivity (Wildman–Crippen MR) is 109 cm³/mol. The van der Waals surface area contributed by atoms with E-state index in [1.165, 1.54) is 5.56 Å². The number of anilines is 1. The molecule has 0 saturated carbocycles. The maximum atomic E-state index is 12.4. The number of carbonyl (C=O) groups excluding carboxylic acids is 1. The van der Waals surface area contributed by atoms with Crippen LogP contribution in [0.5, 0.6) is 11.5 Å². The van der Waals surface area contributed by atoms with Crippen molar-refractivity contribution in [3.05, 3.63) is 54.1 Å². The van der Waals surface area contributed by atoms with Gasteiger partial charge in [0.2, 0.25) is 0 Å². The molecule has 1 saturated heterocycles. The summed E-state index contributed by atoms with van der Waals surface area (Å²) in [5, 5.41) is 5.92. The van der Waals surface area contributed by atoms with Crippen LogP contribution in [-0.4, -0.2) is 39.5 Å². The van der Waals surface area contributed by atoms with Crippen LogP contribution in [0.15, 0.2) is 48.5 Å². The largest absolute Gasteiger partial charge is 0.497 e. The molecule has 28 heavy (non-hydrogen) atoms. The van der Waals surface area contributed by atoms with Crippen LogP contribution in [0.2, 0.25) is 0 Å². The molecule has 0 atom stereocenters. The Bertz CT molecular complexity index is 753. The normalized spacial score (nSPS) is 15.5. The SMILES string of the molecule is CCOc1ccc(NC(=O)NCC2(c3ccc(OC)cc3)CCOCC2)cc1. The number of nitrogens with one attached hydrogen (secondary N) is 2. The summed E-state index contributed by atoms with van der Waals surface area (Å²) in [5.74, 6) is 1.61. The summed E-state index contributed by atoms with van der Waals surface area (Å²) >= 11 is 0. The molecule has 2 aromatic carbocycles. The molecule has 6 heteroatoms. The van der Waals surface area contributed by atoms with Gasteiger partial charge in [-0.2, -0.15) is 0 Å². The van der Waals surface area contributed by atoms with Crippen LogP contribution in [0.25, 0.3) is 0 Å². The fraction of sp³-hybridized carbons (Fsp3) is 0.409. The van der Waals surface area contributed by atoms with Gasteiger partial charge in [-0.1, -0.05) is 12.1 Å². The minimum Gasteiger partial charge on any atom is -0.497 e. The van der Waals surface area contributed by atoms with Crippen LogP contribution in [0, 0.1) is 0 Å². The molecular formula is C22H28N2O4. The highest BCUT2D eigenvalue weighted by Gasteiger charge is 2.34. The number of benzene rings is 2. The summed E-state index contributed by atoms with van der Waals surface area (Å²) in [6, 6.07) is 15.2. The lowest BCUT2D eigenvalue weighted by Crippen LogP contribution is -2.45. The Morgan fingerprint density at radius 3 is 2.29 bits per heavy atom. The van der Waals surface area contributed by atoms with Gasteiger partial charge >= 0.3 is 6.03 Å². The van der Waals surface area contributed by atoms with E-state index in [1.807, 2.05) is 43.3 Å². The predicted octanol–water partition coefficient (Wildman–Crippen LogP) is 3.96. The van der Waals surface area contributed by atoms with Crippen molar-refractivity contribution in [2.24, 2.45) is 0 Å². The third kappa shape index (κ3) is 4.95. The number of carbonyl (C=O) groups is 1. The van der Waals surface area contributed by atoms with Crippen LogP contribution in [0.4, 0.5) is 10.5 Å². The van der Waals surface area contributed by atoms with E-state index in [0.29, 0.717) is 26.4 Å². The summed E-state index contributed by atoms with van der Waals surface area (Å²) in [5.41, 5.74) is 1.78. The maximum absolute atomic E-state index is 12.4. The topological polar surface area (TPSA) is 68.8 Å². The van der Waals surface area contributed by atoms with Crippen molar-refractivity contribution in [3.63, 3.8) is 0 Å². The molecule has 150 valence electrons. The van der Waals surface area contributed by atoms with E-state index in [-0.39, 0.29) is 11.4 Å². The molecule has 1 aliphatic heterocycles. The fourth-order valence-corrected chi connectivity index (χ4v) is 3.50. The Balaban J connectivity index is 1.63. The van der Waals surface area contributed by atoms with Gasteiger partial charge in [-0.3, -0.25) is 0 Å². The van der Waals surface area contributed by atoms with Crippen LogP contribution in [0.3, 0.4) is 0 Å². The third-order valence-corrected chi connectivity index (χ3v) is 5.16. The average Bonchev–Trinajstić information content (AvgIpc) is 2.75. The van der Waals surface area contributed by atoms with Gasteiger partial charge in [0, 0.05) is 30.9 Å². The van der Waals surface area contributed by atoms with Gasteiger partial charge in [0.25, 0.3) is 0 Å². The number of hydrogen-bond donors (Lipinski definition) is 2. The van der Waals surface area contributed by atoms with Crippen LogP contribution in [-0.2, 0) is 10.2 Å². The minimum absolute atomic E-state index is 0.138. The quantitative estimate of drug-likeness (QED) is 0.758. The molecule has 0 unspecified atom stereocenters.